The third kappa shape index (κ3) is 1.17. The highest BCUT2D eigenvalue weighted by Crippen LogP contribution is 2.09. The fraction of sp³-hybridized carbons (Fsp3) is 0.200. The zero-order valence-corrected chi connectivity index (χ0v) is 4.85. The number of hydrogen-bond acceptors (Lipinski definition) is 1. The molecular formula is C5H4ClNO. The van der Waals surface area contributed by atoms with E-state index < -0.39 is 0 Å². The summed E-state index contributed by atoms with van der Waals surface area (Å²) in [6, 6.07) is 0. The van der Waals surface area contributed by atoms with Crippen LogP contribution in [0.1, 0.15) is 6.42 Å². The largest absolute Gasteiger partial charge is 0.272 e. The summed E-state index contributed by atoms with van der Waals surface area (Å²) < 4.78 is 0. The number of amides is 1. The van der Waals surface area contributed by atoms with Crippen molar-refractivity contribution in [3.8, 4) is 0 Å². The van der Waals surface area contributed by atoms with Crippen molar-refractivity contribution < 1.29 is 4.79 Å². The van der Waals surface area contributed by atoms with E-state index >= 15 is 0 Å². The molecule has 0 saturated carbocycles. The summed E-state index contributed by atoms with van der Waals surface area (Å²) in [7, 11) is 0. The number of carbonyl (C=O) groups excluding carboxylic acids is 1. The molecule has 0 aromatic heterocycles. The Morgan fingerprint density at radius 2 is 2.50 bits per heavy atom. The Labute approximate surface area is 51.9 Å². The smallest absolute Gasteiger partial charge is 0.250 e. The van der Waals surface area contributed by atoms with Crippen LogP contribution in [0.3, 0.4) is 0 Å². The van der Waals surface area contributed by atoms with Crippen LogP contribution < -0.4 is 0 Å². The van der Waals surface area contributed by atoms with Crippen LogP contribution in [0.25, 0.3) is 0 Å². The lowest BCUT2D eigenvalue weighted by molar-refractivity contribution is -0.117. The van der Waals surface area contributed by atoms with Gasteiger partial charge >= 0.3 is 0 Å². The maximum atomic E-state index is 10.4. The van der Waals surface area contributed by atoms with Crippen molar-refractivity contribution in [3.05, 3.63) is 11.1 Å². The molecule has 0 atom stereocenters. The Bertz CT molecular complexity index is 171. The lowest BCUT2D eigenvalue weighted by Crippen LogP contribution is -1.97. The minimum Gasteiger partial charge on any atom is -0.272 e. The molecule has 0 aromatic carbocycles. The van der Waals surface area contributed by atoms with Crippen molar-refractivity contribution in [3.63, 3.8) is 0 Å². The van der Waals surface area contributed by atoms with Gasteiger partial charge in [0, 0.05) is 11.2 Å². The molecule has 0 radical (unpaired) electrons. The van der Waals surface area contributed by atoms with E-state index in [4.69, 9.17) is 11.6 Å². The number of carbonyl (C=O) groups is 1. The van der Waals surface area contributed by atoms with E-state index in [1.54, 1.807) is 6.08 Å². The van der Waals surface area contributed by atoms with Crippen molar-refractivity contribution in [2.75, 3.05) is 0 Å². The molecule has 1 amide bonds. The highest BCUT2D eigenvalue weighted by atomic mass is 35.5. The summed E-state index contributed by atoms with van der Waals surface area (Å²) >= 11 is 5.46. The molecule has 2 nitrogen and oxygen atoms in total. The standard InChI is InChI=1S/C5H4ClNO/c6-4-1-2-7-5(8)3-4/h1-2H,3H2. The predicted octanol–water partition coefficient (Wildman–Crippen LogP) is 1.11. The van der Waals surface area contributed by atoms with Gasteiger partial charge in [-0.3, -0.25) is 4.79 Å². The van der Waals surface area contributed by atoms with E-state index in [0.29, 0.717) is 5.03 Å². The number of rotatable bonds is 0. The molecule has 3 heteroatoms. The number of halogens is 1. The number of aliphatic imine (C=N–C) groups is 1. The molecule has 0 saturated heterocycles. The minimum atomic E-state index is -0.169. The molecule has 0 aromatic rings. The quantitative estimate of drug-likeness (QED) is 0.482. The lowest BCUT2D eigenvalue weighted by atomic mass is 10.3. The Balaban J connectivity index is 2.73. The summed E-state index contributed by atoms with van der Waals surface area (Å²) in [5, 5.41) is 0.560. The van der Waals surface area contributed by atoms with Crippen LogP contribution >= 0.6 is 11.6 Å². The molecule has 0 bridgehead atoms. The molecule has 1 rings (SSSR count). The van der Waals surface area contributed by atoms with Crippen molar-refractivity contribution in [2.45, 2.75) is 6.42 Å². The van der Waals surface area contributed by atoms with Crippen LogP contribution in [0.4, 0.5) is 0 Å². The predicted molar refractivity (Wildman–Crippen MR) is 32.1 cm³/mol. The van der Waals surface area contributed by atoms with Gasteiger partial charge in [0.25, 0.3) is 5.91 Å². The molecule has 42 valence electrons. The first-order valence-electron chi connectivity index (χ1n) is 2.20. The van der Waals surface area contributed by atoms with Crippen molar-refractivity contribution >= 4 is 23.7 Å². The van der Waals surface area contributed by atoms with Crippen LogP contribution in [0.5, 0.6) is 0 Å². The normalized spacial score (nSPS) is 18.6. The van der Waals surface area contributed by atoms with E-state index in [0.717, 1.165) is 0 Å². The third-order valence-electron chi connectivity index (χ3n) is 0.794. The van der Waals surface area contributed by atoms with Gasteiger partial charge in [0.05, 0.1) is 6.42 Å². The summed E-state index contributed by atoms with van der Waals surface area (Å²) in [6.07, 6.45) is 3.29. The molecule has 1 aliphatic rings. The monoisotopic (exact) mass is 129 g/mol. The van der Waals surface area contributed by atoms with Crippen LogP contribution in [-0.4, -0.2) is 12.1 Å². The van der Waals surface area contributed by atoms with Gasteiger partial charge in [0.2, 0.25) is 0 Å². The van der Waals surface area contributed by atoms with Crippen molar-refractivity contribution in [1.29, 1.82) is 0 Å². The fourth-order valence-electron chi connectivity index (χ4n) is 0.450. The SMILES string of the molecule is O=C1CC(Cl)=CC=N1. The molecule has 1 heterocycles. The van der Waals surface area contributed by atoms with Gasteiger partial charge in [-0.15, -0.1) is 0 Å². The van der Waals surface area contributed by atoms with Gasteiger partial charge in [-0.25, -0.2) is 4.99 Å². The molecule has 0 aliphatic carbocycles. The maximum Gasteiger partial charge on any atom is 0.250 e. The average molecular weight is 130 g/mol. The van der Waals surface area contributed by atoms with Gasteiger partial charge in [-0.2, -0.15) is 0 Å². The van der Waals surface area contributed by atoms with Crippen LogP contribution in [-0.2, 0) is 4.79 Å². The second-order valence-corrected chi connectivity index (χ2v) is 1.95. The van der Waals surface area contributed by atoms with Gasteiger partial charge in [0.1, 0.15) is 0 Å². The summed E-state index contributed by atoms with van der Waals surface area (Å²) in [6.45, 7) is 0. The van der Waals surface area contributed by atoms with E-state index in [1.807, 2.05) is 0 Å². The third-order valence-corrected chi connectivity index (χ3v) is 1.05. The minimum absolute atomic E-state index is 0.169. The summed E-state index contributed by atoms with van der Waals surface area (Å²) in [5.74, 6) is -0.169. The highest BCUT2D eigenvalue weighted by Gasteiger charge is 2.03. The highest BCUT2D eigenvalue weighted by molar-refractivity contribution is 6.32. The van der Waals surface area contributed by atoms with Crippen LogP contribution in [0.15, 0.2) is 16.1 Å². The number of nitrogens with zero attached hydrogens (tertiary/aromatic N) is 1. The zero-order valence-electron chi connectivity index (χ0n) is 4.10. The zero-order chi connectivity index (χ0) is 5.98. The van der Waals surface area contributed by atoms with E-state index in [1.165, 1.54) is 6.21 Å². The molecule has 0 fully saturated rings. The van der Waals surface area contributed by atoms with Crippen LogP contribution in [0.2, 0.25) is 0 Å². The van der Waals surface area contributed by atoms with Gasteiger partial charge < -0.3 is 0 Å². The Hall–Kier alpha value is -0.630. The first-order valence-corrected chi connectivity index (χ1v) is 2.58. The van der Waals surface area contributed by atoms with E-state index in [9.17, 15) is 4.79 Å². The molecule has 1 aliphatic heterocycles. The number of hydrogen-bond donors (Lipinski definition) is 0. The van der Waals surface area contributed by atoms with Crippen molar-refractivity contribution in [1.82, 2.24) is 0 Å². The fourth-order valence-corrected chi connectivity index (χ4v) is 0.621. The molecule has 0 N–H and O–H groups in total. The second kappa shape index (κ2) is 2.09. The number of dihydropyridines is 1. The van der Waals surface area contributed by atoms with Gasteiger partial charge in [0.15, 0.2) is 0 Å². The van der Waals surface area contributed by atoms with E-state index in [-0.39, 0.29) is 12.3 Å². The average Bonchev–Trinajstić information content (AvgIpc) is 1.64. The Morgan fingerprint density at radius 1 is 1.75 bits per heavy atom. The first kappa shape index (κ1) is 5.51. The first-order chi connectivity index (χ1) is 3.79. The molecular weight excluding hydrogens is 126 g/mol. The van der Waals surface area contributed by atoms with E-state index in [2.05, 4.69) is 4.99 Å². The lowest BCUT2D eigenvalue weighted by Gasteiger charge is -1.95. The van der Waals surface area contributed by atoms with Crippen molar-refractivity contribution in [2.24, 2.45) is 4.99 Å². The van der Waals surface area contributed by atoms with Gasteiger partial charge in [-0.05, 0) is 6.08 Å². The van der Waals surface area contributed by atoms with Crippen LogP contribution in [0, 0.1) is 0 Å². The molecule has 0 unspecified atom stereocenters. The molecule has 0 spiro atoms. The Kier molecular flexibility index (Phi) is 1.44. The molecule has 8 heavy (non-hydrogen) atoms. The number of allylic oxidation sites excluding steroid dienone is 1. The Morgan fingerprint density at radius 3 is 2.88 bits per heavy atom. The van der Waals surface area contributed by atoms with Gasteiger partial charge in [-0.1, -0.05) is 11.6 Å². The summed E-state index contributed by atoms with van der Waals surface area (Å²) in [5.41, 5.74) is 0. The second-order valence-electron chi connectivity index (χ2n) is 1.46. The topological polar surface area (TPSA) is 29.4 Å². The maximum absolute atomic E-state index is 10.4. The summed E-state index contributed by atoms with van der Waals surface area (Å²) in [4.78, 5) is 13.8.